The summed E-state index contributed by atoms with van der Waals surface area (Å²) in [4.78, 5) is 0. The maximum absolute atomic E-state index is 5.92. The highest BCUT2D eigenvalue weighted by Gasteiger charge is 2.10. The Morgan fingerprint density at radius 2 is 1.56 bits per heavy atom. The van der Waals surface area contributed by atoms with Crippen LogP contribution in [0.25, 0.3) is 11.1 Å². The first-order valence-electron chi connectivity index (χ1n) is 8.42. The Morgan fingerprint density at radius 1 is 0.889 bits per heavy atom. The van der Waals surface area contributed by atoms with E-state index in [1.807, 2.05) is 22.8 Å². The number of aromatic nitrogens is 3. The van der Waals surface area contributed by atoms with Crippen LogP contribution in [0.5, 0.6) is 11.8 Å². The number of aromatic amines is 1. The van der Waals surface area contributed by atoms with Gasteiger partial charge in [0, 0.05) is 5.02 Å². The van der Waals surface area contributed by atoms with Crippen molar-refractivity contribution in [3.63, 3.8) is 0 Å². The zero-order valence-electron chi connectivity index (χ0n) is 14.3. The number of nitrogens with one attached hydrogen (secondary N) is 1. The standard InChI is InChI=1S/C21H16ClN3OS/c22-18-10-12-19(13-11-18)26-20-23-24-21(27)25(20)14-15-6-8-17(9-7-15)16-4-2-1-3-5-16/h1-13H,14H2,(H,24,27). The molecule has 0 aliphatic heterocycles. The third-order valence-electron chi connectivity index (χ3n) is 4.15. The average molecular weight is 394 g/mol. The van der Waals surface area contributed by atoms with Crippen LogP contribution in [-0.4, -0.2) is 14.8 Å². The molecule has 0 aliphatic carbocycles. The lowest BCUT2D eigenvalue weighted by Gasteiger charge is -2.09. The second-order valence-electron chi connectivity index (χ2n) is 6.02. The fraction of sp³-hybridized carbons (Fsp3) is 0.0476. The Balaban J connectivity index is 1.55. The molecule has 0 atom stereocenters. The summed E-state index contributed by atoms with van der Waals surface area (Å²) in [5.74, 6) is 0.647. The largest absolute Gasteiger partial charge is 0.424 e. The van der Waals surface area contributed by atoms with E-state index in [1.165, 1.54) is 11.1 Å². The molecule has 4 rings (SSSR count). The fourth-order valence-electron chi connectivity index (χ4n) is 2.74. The van der Waals surface area contributed by atoms with E-state index in [0.29, 0.717) is 28.1 Å². The van der Waals surface area contributed by atoms with Crippen LogP contribution in [0, 0.1) is 4.77 Å². The Bertz CT molecular complexity index is 1090. The summed E-state index contributed by atoms with van der Waals surface area (Å²) < 4.78 is 8.17. The van der Waals surface area contributed by atoms with Gasteiger partial charge in [0.1, 0.15) is 5.75 Å². The van der Waals surface area contributed by atoms with E-state index in [-0.39, 0.29) is 0 Å². The summed E-state index contributed by atoms with van der Waals surface area (Å²) in [6.07, 6.45) is 0. The minimum absolute atomic E-state index is 0.412. The molecule has 134 valence electrons. The lowest BCUT2D eigenvalue weighted by molar-refractivity contribution is 0.415. The van der Waals surface area contributed by atoms with E-state index >= 15 is 0 Å². The van der Waals surface area contributed by atoms with Crippen LogP contribution >= 0.6 is 23.8 Å². The molecule has 3 aromatic carbocycles. The van der Waals surface area contributed by atoms with Crippen molar-refractivity contribution in [1.29, 1.82) is 0 Å². The minimum Gasteiger partial charge on any atom is -0.424 e. The van der Waals surface area contributed by atoms with Crippen molar-refractivity contribution in [3.05, 3.63) is 94.2 Å². The Morgan fingerprint density at radius 3 is 2.26 bits per heavy atom. The van der Waals surface area contributed by atoms with Crippen molar-refractivity contribution in [2.75, 3.05) is 0 Å². The highest BCUT2D eigenvalue weighted by atomic mass is 35.5. The number of benzene rings is 3. The first kappa shape index (κ1) is 17.5. The van der Waals surface area contributed by atoms with Gasteiger partial charge < -0.3 is 4.74 Å². The summed E-state index contributed by atoms with van der Waals surface area (Å²) in [6.45, 7) is 0.563. The molecule has 0 aliphatic rings. The van der Waals surface area contributed by atoms with Gasteiger partial charge in [-0.3, -0.25) is 4.57 Å². The van der Waals surface area contributed by atoms with Gasteiger partial charge in [0.15, 0.2) is 4.77 Å². The maximum Gasteiger partial charge on any atom is 0.321 e. The molecule has 1 heterocycles. The normalized spacial score (nSPS) is 10.7. The van der Waals surface area contributed by atoms with Crippen LogP contribution in [0.2, 0.25) is 5.02 Å². The van der Waals surface area contributed by atoms with Crippen LogP contribution in [0.4, 0.5) is 0 Å². The predicted octanol–water partition coefficient (Wildman–Crippen LogP) is 6.10. The van der Waals surface area contributed by atoms with Crippen LogP contribution in [0.1, 0.15) is 5.56 Å². The summed E-state index contributed by atoms with van der Waals surface area (Å²) in [6, 6.07) is 26.2. The zero-order chi connectivity index (χ0) is 18.6. The van der Waals surface area contributed by atoms with Gasteiger partial charge in [-0.1, -0.05) is 66.2 Å². The van der Waals surface area contributed by atoms with E-state index in [2.05, 4.69) is 46.6 Å². The molecule has 0 bridgehead atoms. The molecule has 1 aromatic heterocycles. The highest BCUT2D eigenvalue weighted by molar-refractivity contribution is 7.71. The second kappa shape index (κ2) is 7.78. The van der Waals surface area contributed by atoms with Gasteiger partial charge >= 0.3 is 6.01 Å². The van der Waals surface area contributed by atoms with Crippen LogP contribution in [0.3, 0.4) is 0 Å². The lowest BCUT2D eigenvalue weighted by atomic mass is 10.0. The predicted molar refractivity (Wildman–Crippen MR) is 110 cm³/mol. The third kappa shape index (κ3) is 4.10. The van der Waals surface area contributed by atoms with Crippen LogP contribution in [-0.2, 0) is 6.54 Å². The summed E-state index contributed by atoms with van der Waals surface area (Å²) in [7, 11) is 0. The summed E-state index contributed by atoms with van der Waals surface area (Å²) >= 11 is 11.3. The summed E-state index contributed by atoms with van der Waals surface area (Å²) in [5.41, 5.74) is 3.47. The Labute approximate surface area is 167 Å². The molecule has 0 fully saturated rings. The number of hydrogen-bond acceptors (Lipinski definition) is 3. The van der Waals surface area contributed by atoms with Crippen molar-refractivity contribution in [1.82, 2.24) is 14.8 Å². The Hall–Kier alpha value is -2.89. The van der Waals surface area contributed by atoms with Crippen LogP contribution in [0.15, 0.2) is 78.9 Å². The van der Waals surface area contributed by atoms with Gasteiger partial charge in [-0.25, -0.2) is 5.10 Å². The number of H-pyrrole nitrogens is 1. The van der Waals surface area contributed by atoms with E-state index in [9.17, 15) is 0 Å². The van der Waals surface area contributed by atoms with Gasteiger partial charge in [-0.05, 0) is 53.2 Å². The SMILES string of the molecule is S=c1[nH]nc(Oc2ccc(Cl)cc2)n1Cc1ccc(-c2ccccc2)cc1. The first-order valence-corrected chi connectivity index (χ1v) is 9.21. The molecule has 6 heteroatoms. The van der Waals surface area contributed by atoms with Gasteiger partial charge in [0.05, 0.1) is 6.54 Å². The Kier molecular flexibility index (Phi) is 5.05. The molecular weight excluding hydrogens is 378 g/mol. The van der Waals surface area contributed by atoms with Gasteiger partial charge in [0.2, 0.25) is 0 Å². The molecule has 0 radical (unpaired) electrons. The average Bonchev–Trinajstić information content (AvgIpc) is 3.04. The lowest BCUT2D eigenvalue weighted by Crippen LogP contribution is -2.02. The van der Waals surface area contributed by atoms with Crippen molar-refractivity contribution in [2.24, 2.45) is 0 Å². The second-order valence-corrected chi connectivity index (χ2v) is 6.84. The molecule has 0 saturated carbocycles. The quantitative estimate of drug-likeness (QED) is 0.416. The van der Waals surface area contributed by atoms with Crippen molar-refractivity contribution in [2.45, 2.75) is 6.54 Å². The van der Waals surface area contributed by atoms with Gasteiger partial charge in [-0.2, -0.15) is 0 Å². The monoisotopic (exact) mass is 393 g/mol. The molecular formula is C21H16ClN3OS. The van der Waals surface area contributed by atoms with Crippen LogP contribution < -0.4 is 4.74 Å². The molecule has 4 nitrogen and oxygen atoms in total. The van der Waals surface area contributed by atoms with Gasteiger partial charge in [0.25, 0.3) is 0 Å². The minimum atomic E-state index is 0.412. The fourth-order valence-corrected chi connectivity index (χ4v) is 3.06. The first-order chi connectivity index (χ1) is 13.2. The smallest absolute Gasteiger partial charge is 0.321 e. The molecule has 0 saturated heterocycles. The van der Waals surface area contributed by atoms with E-state index in [4.69, 9.17) is 28.6 Å². The number of halogens is 1. The van der Waals surface area contributed by atoms with Crippen molar-refractivity contribution < 1.29 is 4.74 Å². The van der Waals surface area contributed by atoms with E-state index in [0.717, 1.165) is 5.56 Å². The molecule has 4 aromatic rings. The van der Waals surface area contributed by atoms with Crippen molar-refractivity contribution in [3.8, 4) is 22.9 Å². The zero-order valence-corrected chi connectivity index (χ0v) is 15.9. The molecule has 0 amide bonds. The van der Waals surface area contributed by atoms with E-state index < -0.39 is 0 Å². The third-order valence-corrected chi connectivity index (χ3v) is 4.71. The molecule has 1 N–H and O–H groups in total. The number of hydrogen-bond donors (Lipinski definition) is 1. The molecule has 0 unspecified atom stereocenters. The number of nitrogens with zero attached hydrogens (tertiary/aromatic N) is 2. The van der Waals surface area contributed by atoms with Gasteiger partial charge in [-0.15, -0.1) is 5.10 Å². The summed E-state index contributed by atoms with van der Waals surface area (Å²) in [5, 5.41) is 7.63. The molecule has 0 spiro atoms. The topological polar surface area (TPSA) is 42.8 Å². The maximum atomic E-state index is 5.92. The number of rotatable bonds is 5. The van der Waals surface area contributed by atoms with E-state index in [1.54, 1.807) is 24.3 Å². The molecule has 27 heavy (non-hydrogen) atoms. The number of ether oxygens (including phenoxy) is 1. The van der Waals surface area contributed by atoms with Crippen molar-refractivity contribution >= 4 is 23.8 Å². The highest BCUT2D eigenvalue weighted by Crippen LogP contribution is 2.23.